The molecule has 1 aliphatic rings. The first kappa shape index (κ1) is 14.9. The lowest BCUT2D eigenvalue weighted by atomic mass is 9.87. The predicted octanol–water partition coefficient (Wildman–Crippen LogP) is 2.43. The highest BCUT2D eigenvalue weighted by molar-refractivity contribution is 5.68. The molecule has 3 atom stereocenters. The molecule has 3 N–H and O–H groups in total. The van der Waals surface area contributed by atoms with Crippen molar-refractivity contribution in [2.24, 2.45) is 5.73 Å². The lowest BCUT2D eigenvalue weighted by molar-refractivity contribution is 0.0477. The third-order valence-electron chi connectivity index (χ3n) is 3.63. The second-order valence-electron chi connectivity index (χ2n) is 6.51. The van der Waals surface area contributed by atoms with Crippen LogP contribution in [0.2, 0.25) is 0 Å². The minimum absolute atomic E-state index is 0.00525. The largest absolute Gasteiger partial charge is 0.444 e. The van der Waals surface area contributed by atoms with Gasteiger partial charge in [0.1, 0.15) is 5.60 Å². The van der Waals surface area contributed by atoms with Crippen LogP contribution in [0.1, 0.15) is 46.1 Å². The lowest BCUT2D eigenvalue weighted by Gasteiger charge is -2.35. The van der Waals surface area contributed by atoms with E-state index in [0.29, 0.717) is 6.04 Å². The highest BCUT2D eigenvalue weighted by Gasteiger charge is 2.31. The fourth-order valence-corrected chi connectivity index (χ4v) is 2.66. The maximum absolute atomic E-state index is 11.9. The Kier molecular flexibility index (Phi) is 4.38. The molecule has 0 radical (unpaired) electrons. The van der Waals surface area contributed by atoms with Crippen LogP contribution < -0.4 is 11.1 Å². The first-order valence-corrected chi connectivity index (χ1v) is 7.23. The molecule has 1 aromatic heterocycles. The summed E-state index contributed by atoms with van der Waals surface area (Å²) in [7, 11) is 0. The van der Waals surface area contributed by atoms with Crippen molar-refractivity contribution in [1.29, 1.82) is 0 Å². The van der Waals surface area contributed by atoms with Crippen LogP contribution in [0.3, 0.4) is 0 Å². The maximum atomic E-state index is 11.9. The van der Waals surface area contributed by atoms with E-state index in [9.17, 15) is 4.79 Å². The van der Waals surface area contributed by atoms with Gasteiger partial charge < -0.3 is 20.4 Å². The third-order valence-corrected chi connectivity index (χ3v) is 3.63. The van der Waals surface area contributed by atoms with Gasteiger partial charge in [-0.05, 0) is 52.2 Å². The molecule has 5 nitrogen and oxygen atoms in total. The van der Waals surface area contributed by atoms with Crippen LogP contribution in [0, 0.1) is 0 Å². The Balaban J connectivity index is 1.94. The van der Waals surface area contributed by atoms with E-state index in [-0.39, 0.29) is 18.2 Å². The van der Waals surface area contributed by atoms with E-state index >= 15 is 0 Å². The van der Waals surface area contributed by atoms with Crippen molar-refractivity contribution in [1.82, 2.24) is 9.88 Å². The van der Waals surface area contributed by atoms with Crippen LogP contribution in [0.15, 0.2) is 24.5 Å². The standard InChI is InChI=1S/C15H25N3O2/c1-15(2,3)20-14(19)17-13-10-11(6-7-12(13)16)18-8-4-5-9-18/h4-5,8-9,11-13H,6-7,10,16H2,1-3H3,(H,17,19)/t11-,12-,13+/m0/s1. The summed E-state index contributed by atoms with van der Waals surface area (Å²) < 4.78 is 7.49. The third kappa shape index (κ3) is 4.00. The molecule has 0 bridgehead atoms. The number of rotatable bonds is 2. The van der Waals surface area contributed by atoms with Gasteiger partial charge in [-0.3, -0.25) is 0 Å². The van der Waals surface area contributed by atoms with Crippen LogP contribution >= 0.6 is 0 Å². The Morgan fingerprint density at radius 3 is 2.55 bits per heavy atom. The van der Waals surface area contributed by atoms with Gasteiger partial charge in [-0.25, -0.2) is 4.79 Å². The van der Waals surface area contributed by atoms with Crippen molar-refractivity contribution >= 4 is 6.09 Å². The van der Waals surface area contributed by atoms with Gasteiger partial charge in [0.2, 0.25) is 0 Å². The lowest BCUT2D eigenvalue weighted by Crippen LogP contribution is -2.52. The average Bonchev–Trinajstić information content (AvgIpc) is 2.83. The summed E-state index contributed by atoms with van der Waals surface area (Å²) in [6.45, 7) is 5.57. The summed E-state index contributed by atoms with van der Waals surface area (Å²) in [5.74, 6) is 0. The first-order chi connectivity index (χ1) is 9.35. The summed E-state index contributed by atoms with van der Waals surface area (Å²) in [5.41, 5.74) is 5.64. The zero-order chi connectivity index (χ0) is 14.8. The predicted molar refractivity (Wildman–Crippen MR) is 78.5 cm³/mol. The molecule has 0 saturated heterocycles. The van der Waals surface area contributed by atoms with Crippen LogP contribution in [-0.4, -0.2) is 28.3 Å². The van der Waals surface area contributed by atoms with Gasteiger partial charge in [0, 0.05) is 30.5 Å². The van der Waals surface area contributed by atoms with Gasteiger partial charge in [-0.15, -0.1) is 0 Å². The number of carbonyl (C=O) groups is 1. The quantitative estimate of drug-likeness (QED) is 0.873. The number of nitrogens with zero attached hydrogens (tertiary/aromatic N) is 1. The SMILES string of the molecule is CC(C)(C)OC(=O)N[C@@H]1C[C@@H](n2cccc2)CC[C@@H]1N. The number of hydrogen-bond donors (Lipinski definition) is 2. The molecule has 1 heterocycles. The fourth-order valence-electron chi connectivity index (χ4n) is 2.66. The molecule has 1 saturated carbocycles. The van der Waals surface area contributed by atoms with Gasteiger partial charge in [-0.1, -0.05) is 0 Å². The highest BCUT2D eigenvalue weighted by Crippen LogP contribution is 2.28. The van der Waals surface area contributed by atoms with E-state index in [1.165, 1.54) is 0 Å². The van der Waals surface area contributed by atoms with Gasteiger partial charge in [0.15, 0.2) is 0 Å². The van der Waals surface area contributed by atoms with E-state index in [1.54, 1.807) is 0 Å². The molecule has 0 aromatic carbocycles. The molecule has 0 aliphatic heterocycles. The van der Waals surface area contributed by atoms with E-state index in [2.05, 4.69) is 22.3 Å². The Labute approximate surface area is 120 Å². The number of alkyl carbamates (subject to hydrolysis) is 1. The minimum atomic E-state index is -0.483. The molecule has 112 valence electrons. The first-order valence-electron chi connectivity index (χ1n) is 7.23. The van der Waals surface area contributed by atoms with Crippen molar-refractivity contribution in [3.8, 4) is 0 Å². The number of amides is 1. The molecule has 2 rings (SSSR count). The van der Waals surface area contributed by atoms with Crippen molar-refractivity contribution in [2.45, 2.75) is 63.8 Å². The zero-order valence-corrected chi connectivity index (χ0v) is 12.5. The van der Waals surface area contributed by atoms with Crippen LogP contribution in [0.25, 0.3) is 0 Å². The van der Waals surface area contributed by atoms with Crippen LogP contribution in [0.4, 0.5) is 4.79 Å². The van der Waals surface area contributed by atoms with Crippen molar-refractivity contribution in [3.05, 3.63) is 24.5 Å². The number of nitrogens with two attached hydrogens (primary N) is 1. The number of hydrogen-bond acceptors (Lipinski definition) is 3. The average molecular weight is 279 g/mol. The second kappa shape index (κ2) is 5.87. The molecular formula is C15H25N3O2. The molecule has 1 fully saturated rings. The maximum Gasteiger partial charge on any atom is 0.407 e. The summed E-state index contributed by atoms with van der Waals surface area (Å²) in [6.07, 6.45) is 6.53. The van der Waals surface area contributed by atoms with E-state index in [0.717, 1.165) is 19.3 Å². The summed E-state index contributed by atoms with van der Waals surface area (Å²) >= 11 is 0. The van der Waals surface area contributed by atoms with E-state index in [1.807, 2.05) is 32.9 Å². The van der Waals surface area contributed by atoms with Gasteiger partial charge >= 0.3 is 6.09 Å². The molecular weight excluding hydrogens is 254 g/mol. The number of nitrogens with one attached hydrogen (secondary N) is 1. The van der Waals surface area contributed by atoms with Gasteiger partial charge in [-0.2, -0.15) is 0 Å². The summed E-state index contributed by atoms with van der Waals surface area (Å²) in [5, 5.41) is 2.92. The molecule has 1 aromatic rings. The smallest absolute Gasteiger partial charge is 0.407 e. The monoisotopic (exact) mass is 279 g/mol. The Hall–Kier alpha value is -1.49. The zero-order valence-electron chi connectivity index (χ0n) is 12.5. The minimum Gasteiger partial charge on any atom is -0.444 e. The van der Waals surface area contributed by atoms with Crippen LogP contribution in [0.5, 0.6) is 0 Å². The number of ether oxygens (including phenoxy) is 1. The Morgan fingerprint density at radius 1 is 1.30 bits per heavy atom. The molecule has 0 spiro atoms. The second-order valence-corrected chi connectivity index (χ2v) is 6.51. The molecule has 1 amide bonds. The number of aromatic nitrogens is 1. The van der Waals surface area contributed by atoms with E-state index in [4.69, 9.17) is 10.5 Å². The van der Waals surface area contributed by atoms with E-state index < -0.39 is 5.60 Å². The van der Waals surface area contributed by atoms with Crippen molar-refractivity contribution < 1.29 is 9.53 Å². The molecule has 1 aliphatic carbocycles. The highest BCUT2D eigenvalue weighted by atomic mass is 16.6. The normalized spacial score (nSPS) is 27.1. The molecule has 5 heteroatoms. The number of carbonyl (C=O) groups excluding carboxylic acids is 1. The fraction of sp³-hybridized carbons (Fsp3) is 0.667. The topological polar surface area (TPSA) is 69.3 Å². The Morgan fingerprint density at radius 2 is 1.95 bits per heavy atom. The van der Waals surface area contributed by atoms with Crippen molar-refractivity contribution in [2.75, 3.05) is 0 Å². The Bertz CT molecular complexity index is 436. The van der Waals surface area contributed by atoms with Gasteiger partial charge in [0.05, 0.1) is 0 Å². The summed E-state index contributed by atoms with van der Waals surface area (Å²) in [6, 6.07) is 4.39. The van der Waals surface area contributed by atoms with Gasteiger partial charge in [0.25, 0.3) is 0 Å². The molecule has 20 heavy (non-hydrogen) atoms. The summed E-state index contributed by atoms with van der Waals surface area (Å²) in [4.78, 5) is 11.9. The molecule has 0 unspecified atom stereocenters. The van der Waals surface area contributed by atoms with Crippen molar-refractivity contribution in [3.63, 3.8) is 0 Å². The van der Waals surface area contributed by atoms with Crippen LogP contribution in [-0.2, 0) is 4.74 Å².